The fourth-order valence-electron chi connectivity index (χ4n) is 2.96. The van der Waals surface area contributed by atoms with Gasteiger partial charge >= 0.3 is 5.97 Å². The van der Waals surface area contributed by atoms with Crippen LogP contribution in [0.2, 0.25) is 0 Å². The molecule has 2 rings (SSSR count). The standard InChI is InChI=1S/C21H25NO5/c1-3-6-13(7-4-2)27-14-10-11-18(23)17(12-14)20(24)15-8-5-9-16(19(15)22)21(25)26/h5,8-13,23H,3-4,6-7,22H2,1-2H3,(H,25,26). The second-order valence-corrected chi connectivity index (χ2v) is 6.40. The maximum atomic E-state index is 12.9. The lowest BCUT2D eigenvalue weighted by molar-refractivity contribution is 0.0698. The molecule has 0 aliphatic rings. The molecule has 0 unspecified atom stereocenters. The number of benzene rings is 2. The number of nitrogen functional groups attached to an aromatic ring is 1. The topological polar surface area (TPSA) is 110 Å². The molecule has 4 N–H and O–H groups in total. The van der Waals surface area contributed by atoms with Crippen molar-refractivity contribution < 1.29 is 24.5 Å². The number of carbonyl (C=O) groups is 2. The Hall–Kier alpha value is -3.02. The van der Waals surface area contributed by atoms with Gasteiger partial charge in [-0.25, -0.2) is 4.79 Å². The zero-order valence-corrected chi connectivity index (χ0v) is 15.6. The second kappa shape index (κ2) is 9.07. The number of phenols is 1. The molecular weight excluding hydrogens is 346 g/mol. The van der Waals surface area contributed by atoms with E-state index in [9.17, 15) is 19.8 Å². The van der Waals surface area contributed by atoms with Crippen LogP contribution < -0.4 is 10.5 Å². The normalized spacial score (nSPS) is 10.8. The molecule has 0 bridgehead atoms. The number of carboxylic acid groups (broad SMARTS) is 1. The highest BCUT2D eigenvalue weighted by molar-refractivity contribution is 6.15. The highest BCUT2D eigenvalue weighted by Gasteiger charge is 2.21. The van der Waals surface area contributed by atoms with E-state index in [0.717, 1.165) is 25.7 Å². The van der Waals surface area contributed by atoms with Crippen LogP contribution in [0, 0.1) is 0 Å². The molecular formula is C21H25NO5. The van der Waals surface area contributed by atoms with Gasteiger partial charge in [-0.2, -0.15) is 0 Å². The smallest absolute Gasteiger partial charge is 0.337 e. The van der Waals surface area contributed by atoms with E-state index in [4.69, 9.17) is 10.5 Å². The summed E-state index contributed by atoms with van der Waals surface area (Å²) >= 11 is 0. The van der Waals surface area contributed by atoms with Gasteiger partial charge in [-0.1, -0.05) is 32.8 Å². The fraction of sp³-hybridized carbons (Fsp3) is 0.333. The van der Waals surface area contributed by atoms with Crippen molar-refractivity contribution in [2.75, 3.05) is 5.73 Å². The van der Waals surface area contributed by atoms with E-state index < -0.39 is 11.8 Å². The van der Waals surface area contributed by atoms with E-state index in [0.29, 0.717) is 5.75 Å². The molecule has 27 heavy (non-hydrogen) atoms. The van der Waals surface area contributed by atoms with Crippen LogP contribution in [0.15, 0.2) is 36.4 Å². The van der Waals surface area contributed by atoms with Gasteiger partial charge in [0.05, 0.1) is 22.9 Å². The predicted molar refractivity (Wildman–Crippen MR) is 104 cm³/mol. The van der Waals surface area contributed by atoms with Gasteiger partial charge in [0.15, 0.2) is 5.78 Å². The monoisotopic (exact) mass is 371 g/mol. The van der Waals surface area contributed by atoms with Crippen molar-refractivity contribution in [1.82, 2.24) is 0 Å². The van der Waals surface area contributed by atoms with Crippen LogP contribution >= 0.6 is 0 Å². The van der Waals surface area contributed by atoms with E-state index in [-0.39, 0.29) is 34.2 Å². The SMILES string of the molecule is CCCC(CCC)Oc1ccc(O)c(C(=O)c2cccc(C(=O)O)c2N)c1. The quantitative estimate of drug-likeness (QED) is 0.449. The third-order valence-electron chi connectivity index (χ3n) is 4.32. The van der Waals surface area contributed by atoms with Gasteiger partial charge in [0.2, 0.25) is 0 Å². The maximum absolute atomic E-state index is 12.9. The summed E-state index contributed by atoms with van der Waals surface area (Å²) in [7, 11) is 0. The maximum Gasteiger partial charge on any atom is 0.337 e. The summed E-state index contributed by atoms with van der Waals surface area (Å²) in [6.45, 7) is 4.16. The number of rotatable bonds is 9. The Morgan fingerprint density at radius 2 is 1.67 bits per heavy atom. The summed E-state index contributed by atoms with van der Waals surface area (Å²) in [6, 6.07) is 8.70. The summed E-state index contributed by atoms with van der Waals surface area (Å²) in [5, 5.41) is 19.3. The van der Waals surface area contributed by atoms with Crippen molar-refractivity contribution in [3.05, 3.63) is 53.1 Å². The summed E-state index contributed by atoms with van der Waals surface area (Å²) < 4.78 is 5.98. The van der Waals surface area contributed by atoms with Crippen molar-refractivity contribution in [3.63, 3.8) is 0 Å². The van der Waals surface area contributed by atoms with Gasteiger partial charge in [0, 0.05) is 5.56 Å². The molecule has 0 saturated heterocycles. The highest BCUT2D eigenvalue weighted by Crippen LogP contribution is 2.29. The molecule has 0 radical (unpaired) electrons. The van der Waals surface area contributed by atoms with Crippen molar-refractivity contribution >= 4 is 17.4 Å². The molecule has 6 nitrogen and oxygen atoms in total. The third-order valence-corrected chi connectivity index (χ3v) is 4.32. The summed E-state index contributed by atoms with van der Waals surface area (Å²) in [6.07, 6.45) is 3.78. The number of aromatic carboxylic acids is 1. The van der Waals surface area contributed by atoms with E-state index in [1.165, 1.54) is 30.3 Å². The van der Waals surface area contributed by atoms with Crippen LogP contribution in [0.4, 0.5) is 5.69 Å². The number of phenolic OH excluding ortho intramolecular Hbond substituents is 1. The molecule has 0 aliphatic heterocycles. The van der Waals surface area contributed by atoms with Gasteiger partial charge in [0.1, 0.15) is 11.5 Å². The lowest BCUT2D eigenvalue weighted by Gasteiger charge is -2.19. The molecule has 2 aromatic rings. The Bertz CT molecular complexity index is 825. The Labute approximate surface area is 158 Å². The Morgan fingerprint density at radius 1 is 1.04 bits per heavy atom. The molecule has 0 heterocycles. The number of carboxylic acids is 1. The Morgan fingerprint density at radius 3 is 2.26 bits per heavy atom. The molecule has 0 atom stereocenters. The fourth-order valence-corrected chi connectivity index (χ4v) is 2.96. The lowest BCUT2D eigenvalue weighted by Crippen LogP contribution is -2.16. The first kappa shape index (κ1) is 20.3. The number of anilines is 1. The predicted octanol–water partition coefficient (Wildman–Crippen LogP) is 4.25. The molecule has 144 valence electrons. The number of aromatic hydroxyl groups is 1. The number of hydrogen-bond acceptors (Lipinski definition) is 5. The number of ether oxygens (including phenoxy) is 1. The van der Waals surface area contributed by atoms with E-state index >= 15 is 0 Å². The number of hydrogen-bond donors (Lipinski definition) is 3. The summed E-state index contributed by atoms with van der Waals surface area (Å²) in [5.74, 6) is -1.50. The third kappa shape index (κ3) is 4.78. The van der Waals surface area contributed by atoms with Crippen LogP contribution in [0.5, 0.6) is 11.5 Å². The van der Waals surface area contributed by atoms with Gasteiger partial charge in [-0.15, -0.1) is 0 Å². The number of nitrogens with two attached hydrogens (primary N) is 1. The number of ketones is 1. The molecule has 0 aliphatic carbocycles. The summed E-state index contributed by atoms with van der Waals surface area (Å²) in [5.41, 5.74) is 5.62. The minimum absolute atomic E-state index is 0.0217. The van der Waals surface area contributed by atoms with Crippen molar-refractivity contribution in [3.8, 4) is 11.5 Å². The molecule has 6 heteroatoms. The summed E-state index contributed by atoms with van der Waals surface area (Å²) in [4.78, 5) is 24.1. The average Bonchev–Trinajstić information content (AvgIpc) is 2.63. The second-order valence-electron chi connectivity index (χ2n) is 6.40. The Kier molecular flexibility index (Phi) is 6.82. The van der Waals surface area contributed by atoms with Crippen molar-refractivity contribution in [1.29, 1.82) is 0 Å². The van der Waals surface area contributed by atoms with E-state index in [1.54, 1.807) is 6.07 Å². The van der Waals surface area contributed by atoms with Gasteiger partial charge in [-0.05, 0) is 43.2 Å². The van der Waals surface area contributed by atoms with Gasteiger partial charge in [-0.3, -0.25) is 4.79 Å². The number of carbonyl (C=O) groups excluding carboxylic acids is 1. The van der Waals surface area contributed by atoms with Crippen LogP contribution in [-0.4, -0.2) is 28.1 Å². The van der Waals surface area contributed by atoms with Crippen LogP contribution in [-0.2, 0) is 0 Å². The largest absolute Gasteiger partial charge is 0.507 e. The molecule has 0 aromatic heterocycles. The first-order chi connectivity index (χ1) is 12.9. The van der Waals surface area contributed by atoms with E-state index in [2.05, 4.69) is 13.8 Å². The molecule has 0 saturated carbocycles. The van der Waals surface area contributed by atoms with Gasteiger partial charge < -0.3 is 20.7 Å². The first-order valence-corrected chi connectivity index (χ1v) is 9.05. The molecule has 0 spiro atoms. The van der Waals surface area contributed by atoms with Crippen LogP contribution in [0.25, 0.3) is 0 Å². The van der Waals surface area contributed by atoms with Crippen molar-refractivity contribution in [2.45, 2.75) is 45.6 Å². The van der Waals surface area contributed by atoms with Crippen LogP contribution in [0.3, 0.4) is 0 Å². The first-order valence-electron chi connectivity index (χ1n) is 9.05. The molecule has 0 amide bonds. The molecule has 2 aromatic carbocycles. The highest BCUT2D eigenvalue weighted by atomic mass is 16.5. The zero-order chi connectivity index (χ0) is 20.0. The van der Waals surface area contributed by atoms with E-state index in [1.807, 2.05) is 0 Å². The van der Waals surface area contributed by atoms with Gasteiger partial charge in [0.25, 0.3) is 0 Å². The minimum Gasteiger partial charge on any atom is -0.507 e. The number of para-hydroxylation sites is 1. The molecule has 0 fully saturated rings. The van der Waals surface area contributed by atoms with Crippen molar-refractivity contribution in [2.24, 2.45) is 0 Å². The zero-order valence-electron chi connectivity index (χ0n) is 15.6. The van der Waals surface area contributed by atoms with Crippen LogP contribution in [0.1, 0.15) is 65.8 Å². The Balaban J connectivity index is 2.37. The lowest BCUT2D eigenvalue weighted by atomic mass is 9.98. The average molecular weight is 371 g/mol. The minimum atomic E-state index is -1.22.